The van der Waals surface area contributed by atoms with E-state index < -0.39 is 5.97 Å². The van der Waals surface area contributed by atoms with E-state index in [0.717, 1.165) is 6.42 Å². The minimum atomic E-state index is -0.507. The first-order valence-electron chi connectivity index (χ1n) is 10.6. The summed E-state index contributed by atoms with van der Waals surface area (Å²) in [5, 5.41) is 0. The highest BCUT2D eigenvalue weighted by Gasteiger charge is 2.67. The molecule has 0 radical (unpaired) electrons. The van der Waals surface area contributed by atoms with Gasteiger partial charge >= 0.3 is 5.97 Å². The lowest BCUT2D eigenvalue weighted by Crippen LogP contribution is -2.40. The molecule has 2 aromatic carbocycles. The number of hydrogen-bond donors (Lipinski definition) is 0. The Morgan fingerprint density at radius 1 is 0.903 bits per heavy atom. The molecule has 2 amide bonds. The summed E-state index contributed by atoms with van der Waals surface area (Å²) >= 11 is 0. The number of carbonyl (C=O) groups excluding carboxylic acids is 3. The molecule has 6 heteroatoms. The Bertz CT molecular complexity index is 1100. The van der Waals surface area contributed by atoms with Crippen molar-refractivity contribution in [2.24, 2.45) is 35.5 Å². The molecular weight excluding hydrogens is 394 g/mol. The van der Waals surface area contributed by atoms with Crippen LogP contribution in [0.25, 0.3) is 0 Å². The maximum Gasteiger partial charge on any atom is 0.343 e. The Balaban J connectivity index is 1.21. The first-order valence-corrected chi connectivity index (χ1v) is 10.6. The standard InChI is InChI=1S/C25H21NO5/c1-30-16-4-2-3-13(11-16)25(29)31-15-7-5-14(6-8-15)26-23(27)21-17-9-10-18(20-12-19(17)20)22(21)24(26)28/h2-11,17-22H,12H2,1H3/t17-,18-,19-,20-,21+,22+/m0/s1. The van der Waals surface area contributed by atoms with Crippen molar-refractivity contribution >= 4 is 23.5 Å². The minimum Gasteiger partial charge on any atom is -0.497 e. The normalized spacial score (nSPS) is 32.0. The number of esters is 1. The van der Waals surface area contributed by atoms with Crippen LogP contribution in [0.2, 0.25) is 0 Å². The van der Waals surface area contributed by atoms with Gasteiger partial charge in [0.2, 0.25) is 11.8 Å². The van der Waals surface area contributed by atoms with Crippen molar-refractivity contribution < 1.29 is 23.9 Å². The van der Waals surface area contributed by atoms with Crippen molar-refractivity contribution in [3.63, 3.8) is 0 Å². The number of allylic oxidation sites excluding steroid dienone is 2. The van der Waals surface area contributed by atoms with Gasteiger partial charge in [-0.2, -0.15) is 0 Å². The predicted octanol–water partition coefficient (Wildman–Crippen LogP) is 3.47. The topological polar surface area (TPSA) is 72.9 Å². The number of hydrogen-bond acceptors (Lipinski definition) is 5. The van der Waals surface area contributed by atoms with E-state index in [4.69, 9.17) is 9.47 Å². The van der Waals surface area contributed by atoms with Gasteiger partial charge in [0, 0.05) is 0 Å². The van der Waals surface area contributed by atoms with E-state index in [2.05, 4.69) is 12.2 Å². The van der Waals surface area contributed by atoms with Crippen LogP contribution < -0.4 is 14.4 Å². The van der Waals surface area contributed by atoms with Crippen LogP contribution in [0, 0.1) is 35.5 Å². The molecule has 7 rings (SSSR count). The monoisotopic (exact) mass is 415 g/mol. The molecule has 3 fully saturated rings. The zero-order chi connectivity index (χ0) is 21.3. The van der Waals surface area contributed by atoms with Gasteiger partial charge in [0.05, 0.1) is 30.2 Å². The third-order valence-corrected chi connectivity index (χ3v) is 7.27. The quantitative estimate of drug-likeness (QED) is 0.331. The van der Waals surface area contributed by atoms with E-state index in [1.165, 1.54) is 12.0 Å². The molecule has 156 valence electrons. The van der Waals surface area contributed by atoms with Crippen molar-refractivity contribution in [3.05, 3.63) is 66.2 Å². The Morgan fingerprint density at radius 2 is 1.55 bits per heavy atom. The molecule has 0 unspecified atom stereocenters. The summed E-state index contributed by atoms with van der Waals surface area (Å²) in [6.45, 7) is 0. The Hall–Kier alpha value is -3.41. The summed E-state index contributed by atoms with van der Waals surface area (Å²) in [5.41, 5.74) is 0.901. The SMILES string of the molecule is COc1cccc(C(=O)Oc2ccc(N3C(=O)[C@@H]4[C@H]5C=C[C@@H]([C@@H]6C[C@@H]56)[C@H]4C3=O)cc2)c1. The number of methoxy groups -OCH3 is 1. The first-order chi connectivity index (χ1) is 15.1. The molecule has 2 aromatic rings. The van der Waals surface area contributed by atoms with Crippen LogP contribution in [-0.2, 0) is 9.59 Å². The summed E-state index contributed by atoms with van der Waals surface area (Å²) < 4.78 is 10.6. The lowest BCUT2D eigenvalue weighted by molar-refractivity contribution is -0.124. The molecule has 1 aliphatic heterocycles. The van der Waals surface area contributed by atoms with Gasteiger partial charge in [0.1, 0.15) is 11.5 Å². The van der Waals surface area contributed by atoms with Crippen molar-refractivity contribution in [2.45, 2.75) is 6.42 Å². The van der Waals surface area contributed by atoms with Gasteiger partial charge in [-0.3, -0.25) is 14.5 Å². The lowest BCUT2D eigenvalue weighted by atomic mass is 9.63. The van der Waals surface area contributed by atoms with Crippen LogP contribution >= 0.6 is 0 Å². The first kappa shape index (κ1) is 18.4. The van der Waals surface area contributed by atoms with Crippen molar-refractivity contribution in [2.75, 3.05) is 12.0 Å². The number of anilines is 1. The largest absolute Gasteiger partial charge is 0.497 e. The van der Waals surface area contributed by atoms with Crippen LogP contribution in [-0.4, -0.2) is 24.9 Å². The zero-order valence-corrected chi connectivity index (χ0v) is 16.9. The molecule has 2 saturated carbocycles. The van der Waals surface area contributed by atoms with Gasteiger partial charge in [0.15, 0.2) is 0 Å². The molecule has 5 aliphatic rings. The number of benzene rings is 2. The highest BCUT2D eigenvalue weighted by atomic mass is 16.5. The predicted molar refractivity (Wildman–Crippen MR) is 112 cm³/mol. The highest BCUT2D eigenvalue weighted by Crippen LogP contribution is 2.65. The molecule has 4 aliphatic carbocycles. The molecule has 1 saturated heterocycles. The fourth-order valence-electron chi connectivity index (χ4n) is 5.79. The summed E-state index contributed by atoms with van der Waals surface area (Å²) in [4.78, 5) is 40.1. The van der Waals surface area contributed by atoms with E-state index in [0.29, 0.717) is 34.6 Å². The van der Waals surface area contributed by atoms with Crippen LogP contribution in [0.4, 0.5) is 5.69 Å². The summed E-state index contributed by atoms with van der Waals surface area (Å²) in [6, 6.07) is 13.3. The average molecular weight is 415 g/mol. The summed E-state index contributed by atoms with van der Waals surface area (Å²) in [5.74, 6) is 1.31. The molecule has 0 spiro atoms. The van der Waals surface area contributed by atoms with Gasteiger partial charge in [-0.05, 0) is 72.6 Å². The van der Waals surface area contributed by atoms with Crippen LogP contribution in [0.15, 0.2) is 60.7 Å². The fraction of sp³-hybridized carbons (Fsp3) is 0.320. The van der Waals surface area contributed by atoms with Crippen molar-refractivity contribution in [3.8, 4) is 11.5 Å². The van der Waals surface area contributed by atoms with E-state index in [9.17, 15) is 14.4 Å². The van der Waals surface area contributed by atoms with Crippen molar-refractivity contribution in [1.82, 2.24) is 0 Å². The van der Waals surface area contributed by atoms with E-state index in [1.54, 1.807) is 48.5 Å². The smallest absolute Gasteiger partial charge is 0.343 e. The maximum atomic E-state index is 13.2. The third-order valence-electron chi connectivity index (χ3n) is 7.27. The van der Waals surface area contributed by atoms with E-state index in [-0.39, 0.29) is 35.5 Å². The Labute approximate surface area is 179 Å². The molecule has 1 heterocycles. The van der Waals surface area contributed by atoms with Gasteiger partial charge in [-0.15, -0.1) is 0 Å². The fourth-order valence-corrected chi connectivity index (χ4v) is 5.79. The molecule has 31 heavy (non-hydrogen) atoms. The molecule has 0 N–H and O–H groups in total. The third kappa shape index (κ3) is 2.67. The number of nitrogens with zero attached hydrogens (tertiary/aromatic N) is 1. The zero-order valence-electron chi connectivity index (χ0n) is 16.9. The van der Waals surface area contributed by atoms with Crippen molar-refractivity contribution in [1.29, 1.82) is 0 Å². The number of imide groups is 1. The van der Waals surface area contributed by atoms with E-state index in [1.807, 2.05) is 0 Å². The van der Waals surface area contributed by atoms with Gasteiger partial charge in [-0.25, -0.2) is 4.79 Å². The Kier molecular flexibility index (Phi) is 3.88. The molecular formula is C25H21NO5. The highest BCUT2D eigenvalue weighted by molar-refractivity contribution is 6.22. The lowest BCUT2D eigenvalue weighted by Gasteiger charge is -2.37. The maximum absolute atomic E-state index is 13.2. The molecule has 6 atom stereocenters. The molecule has 2 bridgehead atoms. The van der Waals surface area contributed by atoms with Crippen LogP contribution in [0.3, 0.4) is 0 Å². The average Bonchev–Trinajstić information content (AvgIpc) is 3.58. The molecule has 6 nitrogen and oxygen atoms in total. The second-order valence-corrected chi connectivity index (χ2v) is 8.78. The summed E-state index contributed by atoms with van der Waals surface area (Å²) in [6.07, 6.45) is 5.47. The Morgan fingerprint density at radius 3 is 2.16 bits per heavy atom. The number of carbonyl (C=O) groups is 3. The van der Waals surface area contributed by atoms with Gasteiger partial charge in [-0.1, -0.05) is 18.2 Å². The second-order valence-electron chi connectivity index (χ2n) is 8.78. The summed E-state index contributed by atoms with van der Waals surface area (Å²) in [7, 11) is 1.53. The number of rotatable bonds is 4. The van der Waals surface area contributed by atoms with Crippen LogP contribution in [0.1, 0.15) is 16.8 Å². The van der Waals surface area contributed by atoms with Crippen LogP contribution in [0.5, 0.6) is 11.5 Å². The molecule has 0 aromatic heterocycles. The van der Waals surface area contributed by atoms with Gasteiger partial charge < -0.3 is 9.47 Å². The number of ether oxygens (including phenoxy) is 2. The van der Waals surface area contributed by atoms with Gasteiger partial charge in [0.25, 0.3) is 0 Å². The second kappa shape index (κ2) is 6.54. The minimum absolute atomic E-state index is 0.0965. The number of amides is 2. The van der Waals surface area contributed by atoms with E-state index >= 15 is 0 Å².